The number of terminal acetylenes is 1. The molecule has 0 radical (unpaired) electrons. The van der Waals surface area contributed by atoms with Crippen LogP contribution in [0.2, 0.25) is 0 Å². The molecule has 0 spiro atoms. The van der Waals surface area contributed by atoms with Gasteiger partial charge in [0, 0.05) is 17.8 Å². The summed E-state index contributed by atoms with van der Waals surface area (Å²) in [4.78, 5) is 13.7. The lowest BCUT2D eigenvalue weighted by Gasteiger charge is -2.16. The summed E-state index contributed by atoms with van der Waals surface area (Å²) in [5.41, 5.74) is 1.42. The van der Waals surface area contributed by atoms with Crippen molar-refractivity contribution in [2.45, 2.75) is 0 Å². The van der Waals surface area contributed by atoms with Gasteiger partial charge in [-0.3, -0.25) is 9.69 Å². The number of benzene rings is 1. The largest absolute Gasteiger partial charge is 0.394 e. The van der Waals surface area contributed by atoms with Crippen molar-refractivity contribution in [3.8, 4) is 12.3 Å². The van der Waals surface area contributed by atoms with E-state index in [1.54, 1.807) is 24.3 Å². The van der Waals surface area contributed by atoms with Gasteiger partial charge in [0.05, 0.1) is 26.4 Å². The average molecular weight is 276 g/mol. The maximum absolute atomic E-state index is 11.8. The lowest BCUT2D eigenvalue weighted by Crippen LogP contribution is -2.32. The number of carbonyl (C=O) groups excluding carboxylic acids is 1. The summed E-state index contributed by atoms with van der Waals surface area (Å²) in [6.07, 6.45) is 5.31. The van der Waals surface area contributed by atoms with Crippen LogP contribution in [0.1, 0.15) is 5.56 Å². The zero-order valence-corrected chi connectivity index (χ0v) is 11.6. The molecule has 0 unspecified atom stereocenters. The number of aliphatic hydroxyl groups is 1. The second-order valence-electron chi connectivity index (χ2n) is 4.35. The summed E-state index contributed by atoms with van der Waals surface area (Å²) in [7, 11) is 1.83. The van der Waals surface area contributed by atoms with Crippen LogP contribution in [-0.2, 0) is 9.53 Å². The molecule has 0 saturated heterocycles. The van der Waals surface area contributed by atoms with E-state index < -0.39 is 0 Å². The fraction of sp³-hybridized carbons (Fsp3) is 0.400. The number of ether oxygens (including phenoxy) is 1. The maximum Gasteiger partial charge on any atom is 0.238 e. The average Bonchev–Trinajstić information content (AvgIpc) is 2.43. The summed E-state index contributed by atoms with van der Waals surface area (Å²) in [6.45, 7) is 1.70. The zero-order valence-electron chi connectivity index (χ0n) is 11.6. The molecule has 2 N–H and O–H groups in total. The highest BCUT2D eigenvalue weighted by atomic mass is 16.5. The minimum Gasteiger partial charge on any atom is -0.394 e. The smallest absolute Gasteiger partial charge is 0.238 e. The van der Waals surface area contributed by atoms with Gasteiger partial charge in [-0.25, -0.2) is 0 Å². The normalized spacial score (nSPS) is 10.3. The van der Waals surface area contributed by atoms with Gasteiger partial charge in [-0.15, -0.1) is 6.42 Å². The van der Waals surface area contributed by atoms with Gasteiger partial charge in [0.15, 0.2) is 0 Å². The first-order valence-electron chi connectivity index (χ1n) is 6.39. The Morgan fingerprint density at radius 2 is 2.30 bits per heavy atom. The Hall–Kier alpha value is -1.87. The zero-order chi connectivity index (χ0) is 14.8. The van der Waals surface area contributed by atoms with Gasteiger partial charge >= 0.3 is 0 Å². The molecule has 0 aliphatic rings. The van der Waals surface area contributed by atoms with Crippen molar-refractivity contribution in [2.24, 2.45) is 0 Å². The van der Waals surface area contributed by atoms with Crippen LogP contribution in [0.5, 0.6) is 0 Å². The second kappa shape index (κ2) is 9.10. The molecule has 5 heteroatoms. The van der Waals surface area contributed by atoms with E-state index in [0.29, 0.717) is 25.4 Å². The van der Waals surface area contributed by atoms with Crippen molar-refractivity contribution in [3.05, 3.63) is 29.8 Å². The van der Waals surface area contributed by atoms with Crippen LogP contribution < -0.4 is 5.32 Å². The molecule has 0 aromatic heterocycles. The SMILES string of the molecule is C#Cc1cccc(NC(=O)CN(C)CCOCCO)c1. The lowest BCUT2D eigenvalue weighted by molar-refractivity contribution is -0.117. The number of anilines is 1. The minimum atomic E-state index is -0.108. The van der Waals surface area contributed by atoms with E-state index in [-0.39, 0.29) is 19.1 Å². The van der Waals surface area contributed by atoms with E-state index in [9.17, 15) is 4.79 Å². The Morgan fingerprint density at radius 3 is 3.00 bits per heavy atom. The van der Waals surface area contributed by atoms with E-state index >= 15 is 0 Å². The van der Waals surface area contributed by atoms with Gasteiger partial charge in [0.1, 0.15) is 0 Å². The van der Waals surface area contributed by atoms with Crippen LogP contribution in [0.4, 0.5) is 5.69 Å². The predicted molar refractivity (Wildman–Crippen MR) is 78.4 cm³/mol. The van der Waals surface area contributed by atoms with Crippen LogP contribution in [0.15, 0.2) is 24.3 Å². The number of rotatable bonds is 8. The predicted octanol–water partition coefficient (Wildman–Crippen LogP) is 0.547. The fourth-order valence-corrected chi connectivity index (χ4v) is 1.60. The van der Waals surface area contributed by atoms with Crippen LogP contribution >= 0.6 is 0 Å². The van der Waals surface area contributed by atoms with Gasteiger partial charge in [-0.1, -0.05) is 12.0 Å². The van der Waals surface area contributed by atoms with Crippen molar-refractivity contribution in [1.29, 1.82) is 0 Å². The summed E-state index contributed by atoms with van der Waals surface area (Å²) in [5.74, 6) is 2.42. The molecule has 0 aliphatic carbocycles. The maximum atomic E-state index is 11.8. The molecule has 0 bridgehead atoms. The number of amides is 1. The van der Waals surface area contributed by atoms with Crippen LogP contribution in [0.25, 0.3) is 0 Å². The summed E-state index contributed by atoms with van der Waals surface area (Å²) < 4.78 is 5.14. The number of nitrogens with zero attached hydrogens (tertiary/aromatic N) is 1. The molecule has 0 atom stereocenters. The molecule has 1 amide bonds. The highest BCUT2D eigenvalue weighted by Crippen LogP contribution is 2.09. The number of hydrogen-bond acceptors (Lipinski definition) is 4. The van der Waals surface area contributed by atoms with Crippen molar-refractivity contribution >= 4 is 11.6 Å². The minimum absolute atomic E-state index is 0.00964. The van der Waals surface area contributed by atoms with Gasteiger partial charge in [0.2, 0.25) is 5.91 Å². The summed E-state index contributed by atoms with van der Waals surface area (Å²) >= 11 is 0. The van der Waals surface area contributed by atoms with Crippen LogP contribution in [0.3, 0.4) is 0 Å². The molecule has 20 heavy (non-hydrogen) atoms. The van der Waals surface area contributed by atoms with Gasteiger partial charge in [-0.2, -0.15) is 0 Å². The van der Waals surface area contributed by atoms with Gasteiger partial charge in [0.25, 0.3) is 0 Å². The molecular formula is C15H20N2O3. The number of carbonyl (C=O) groups is 1. The molecular weight excluding hydrogens is 256 g/mol. The van der Waals surface area contributed by atoms with Crippen molar-refractivity contribution in [2.75, 3.05) is 45.3 Å². The Morgan fingerprint density at radius 1 is 1.50 bits per heavy atom. The molecule has 0 aliphatic heterocycles. The Kier molecular flexibility index (Phi) is 7.36. The van der Waals surface area contributed by atoms with E-state index in [1.807, 2.05) is 11.9 Å². The number of aliphatic hydroxyl groups excluding tert-OH is 1. The summed E-state index contributed by atoms with van der Waals surface area (Å²) in [6, 6.07) is 7.16. The second-order valence-corrected chi connectivity index (χ2v) is 4.35. The first-order chi connectivity index (χ1) is 9.65. The molecule has 1 aromatic rings. The Balaban J connectivity index is 2.33. The lowest BCUT2D eigenvalue weighted by atomic mass is 10.2. The molecule has 0 saturated carbocycles. The number of hydrogen-bond donors (Lipinski definition) is 2. The highest BCUT2D eigenvalue weighted by molar-refractivity contribution is 5.92. The first-order valence-corrected chi connectivity index (χ1v) is 6.39. The van der Waals surface area contributed by atoms with E-state index in [1.165, 1.54) is 0 Å². The summed E-state index contributed by atoms with van der Waals surface area (Å²) in [5, 5.41) is 11.4. The highest BCUT2D eigenvalue weighted by Gasteiger charge is 2.07. The Labute approximate surface area is 119 Å². The molecule has 0 heterocycles. The van der Waals surface area contributed by atoms with Crippen LogP contribution in [-0.4, -0.2) is 55.9 Å². The third-order valence-electron chi connectivity index (χ3n) is 2.58. The number of likely N-dealkylation sites (N-methyl/N-ethyl adjacent to an activating group) is 1. The number of nitrogens with one attached hydrogen (secondary N) is 1. The fourth-order valence-electron chi connectivity index (χ4n) is 1.60. The monoisotopic (exact) mass is 276 g/mol. The quantitative estimate of drug-likeness (QED) is 0.537. The molecule has 5 nitrogen and oxygen atoms in total. The van der Waals surface area contributed by atoms with Crippen LogP contribution in [0, 0.1) is 12.3 Å². The van der Waals surface area contributed by atoms with E-state index in [0.717, 1.165) is 5.56 Å². The third kappa shape index (κ3) is 6.34. The van der Waals surface area contributed by atoms with E-state index in [2.05, 4.69) is 11.2 Å². The van der Waals surface area contributed by atoms with Gasteiger partial charge in [-0.05, 0) is 25.2 Å². The molecule has 1 aromatic carbocycles. The molecule has 108 valence electrons. The molecule has 0 fully saturated rings. The van der Waals surface area contributed by atoms with Crippen molar-refractivity contribution < 1.29 is 14.6 Å². The topological polar surface area (TPSA) is 61.8 Å². The standard InChI is InChI=1S/C15H20N2O3/c1-3-13-5-4-6-14(11-13)16-15(19)12-17(2)7-9-20-10-8-18/h1,4-6,11,18H,7-10,12H2,2H3,(H,16,19). The van der Waals surface area contributed by atoms with E-state index in [4.69, 9.17) is 16.3 Å². The molecule has 1 rings (SSSR count). The third-order valence-corrected chi connectivity index (χ3v) is 2.58. The van der Waals surface area contributed by atoms with Gasteiger partial charge < -0.3 is 15.2 Å². The van der Waals surface area contributed by atoms with Crippen molar-refractivity contribution in [3.63, 3.8) is 0 Å². The first kappa shape index (κ1) is 16.2. The Bertz CT molecular complexity index is 468. The van der Waals surface area contributed by atoms with Crippen molar-refractivity contribution in [1.82, 2.24) is 4.90 Å².